The Bertz CT molecular complexity index is 1430. The molecule has 0 amide bonds. The number of carbonyl (C=O) groups excluding carboxylic acids is 1. The third-order valence-corrected chi connectivity index (χ3v) is 8.79. The van der Waals surface area contributed by atoms with E-state index in [2.05, 4.69) is 15.9 Å². The van der Waals surface area contributed by atoms with Gasteiger partial charge in [-0.05, 0) is 54.3 Å². The first-order valence-corrected chi connectivity index (χ1v) is 14.3. The Kier molecular flexibility index (Phi) is 10.3. The summed E-state index contributed by atoms with van der Waals surface area (Å²) in [6.07, 6.45) is -0.0157. The zero-order valence-corrected chi connectivity index (χ0v) is 25.1. The van der Waals surface area contributed by atoms with Crippen LogP contribution in [0.15, 0.2) is 68.4 Å². The summed E-state index contributed by atoms with van der Waals surface area (Å²) in [6.45, 7) is 5.78. The number of halogens is 5. The van der Waals surface area contributed by atoms with E-state index in [-0.39, 0.29) is 35.7 Å². The Labute approximate surface area is 244 Å². The number of benzene rings is 1. The second kappa shape index (κ2) is 12.9. The molecular weight excluding hydrogens is 608 g/mol. The first kappa shape index (κ1) is 32.6. The fourth-order valence-electron chi connectivity index (χ4n) is 5.39. The second-order valence-electron chi connectivity index (χ2n) is 10.9. The van der Waals surface area contributed by atoms with Gasteiger partial charge >= 0.3 is 17.8 Å². The SMILES string of the molecule is CCOC(=O)CCCCC(C)(Cn1c(=O)c(Br)c(C)n(CC2(C)C(F)=CC=CC2C(F)(F)F)c1=O)c1ccccc1. The highest BCUT2D eigenvalue weighted by Gasteiger charge is 2.53. The molecule has 0 N–H and O–H groups in total. The minimum absolute atomic E-state index is 0.0118. The number of alkyl halides is 3. The van der Waals surface area contributed by atoms with Gasteiger partial charge in [0, 0.05) is 30.6 Å². The summed E-state index contributed by atoms with van der Waals surface area (Å²) < 4.78 is 64.0. The van der Waals surface area contributed by atoms with E-state index in [0.29, 0.717) is 19.3 Å². The standard InChI is InChI=1S/C30H35BrF4N2O4/c1-5-41-24(38)16-9-10-17-28(3,21-12-7-6-8-13-21)18-37-26(39)25(31)20(2)36(27(37)40)19-29(4)22(30(33,34)35)14-11-15-23(29)32/h6-8,11-15,22H,5,9-10,16-19H2,1-4H3. The van der Waals surface area contributed by atoms with Crippen LogP contribution in [0.5, 0.6) is 0 Å². The molecule has 1 aromatic heterocycles. The number of allylic oxidation sites excluding steroid dienone is 4. The average Bonchev–Trinajstić information content (AvgIpc) is 2.92. The fraction of sp³-hybridized carbons (Fsp3) is 0.500. The predicted octanol–water partition coefficient (Wildman–Crippen LogP) is 6.77. The number of aromatic nitrogens is 2. The Balaban J connectivity index is 2.05. The van der Waals surface area contributed by atoms with Gasteiger partial charge in [-0.25, -0.2) is 9.18 Å². The normalized spacial score (nSPS) is 20.4. The molecule has 3 rings (SSSR count). The molecule has 3 atom stereocenters. The number of nitrogens with zero attached hydrogens (tertiary/aromatic N) is 2. The van der Waals surface area contributed by atoms with Crippen molar-refractivity contribution in [1.82, 2.24) is 9.13 Å². The van der Waals surface area contributed by atoms with Crippen molar-refractivity contribution in [2.24, 2.45) is 11.3 Å². The molecule has 0 bridgehead atoms. The van der Waals surface area contributed by atoms with Crippen LogP contribution in [0.2, 0.25) is 0 Å². The van der Waals surface area contributed by atoms with Gasteiger partial charge in [0.15, 0.2) is 0 Å². The van der Waals surface area contributed by atoms with Crippen LogP contribution in [-0.2, 0) is 28.0 Å². The predicted molar refractivity (Wildman–Crippen MR) is 152 cm³/mol. The molecule has 0 spiro atoms. The van der Waals surface area contributed by atoms with E-state index in [0.717, 1.165) is 39.8 Å². The van der Waals surface area contributed by atoms with Gasteiger partial charge in [-0.3, -0.25) is 18.7 Å². The number of ether oxygens (including phenoxy) is 1. The summed E-state index contributed by atoms with van der Waals surface area (Å²) in [5.41, 5.74) is -3.34. The van der Waals surface area contributed by atoms with Gasteiger partial charge in [0.05, 0.1) is 17.9 Å². The van der Waals surface area contributed by atoms with Gasteiger partial charge in [0.25, 0.3) is 5.56 Å². The lowest BCUT2D eigenvalue weighted by molar-refractivity contribution is -0.189. The third-order valence-electron chi connectivity index (χ3n) is 7.88. The summed E-state index contributed by atoms with van der Waals surface area (Å²) in [5.74, 6) is -3.47. The number of esters is 1. The van der Waals surface area contributed by atoms with Gasteiger partial charge in [-0.15, -0.1) is 0 Å². The fourth-order valence-corrected chi connectivity index (χ4v) is 5.82. The van der Waals surface area contributed by atoms with Gasteiger partial charge in [0.1, 0.15) is 10.3 Å². The van der Waals surface area contributed by atoms with Gasteiger partial charge in [-0.2, -0.15) is 13.2 Å². The molecule has 0 radical (unpaired) electrons. The first-order valence-electron chi connectivity index (χ1n) is 13.5. The third kappa shape index (κ3) is 7.10. The summed E-state index contributed by atoms with van der Waals surface area (Å²) in [7, 11) is 0. The zero-order valence-electron chi connectivity index (χ0n) is 23.6. The van der Waals surface area contributed by atoms with Crippen molar-refractivity contribution in [2.75, 3.05) is 6.61 Å². The van der Waals surface area contributed by atoms with Crippen molar-refractivity contribution in [3.63, 3.8) is 0 Å². The molecule has 1 aliphatic rings. The van der Waals surface area contributed by atoms with Crippen molar-refractivity contribution in [2.45, 2.75) is 78.1 Å². The van der Waals surface area contributed by atoms with Crippen molar-refractivity contribution in [1.29, 1.82) is 0 Å². The van der Waals surface area contributed by atoms with E-state index < -0.39 is 46.5 Å². The van der Waals surface area contributed by atoms with E-state index in [1.807, 2.05) is 37.3 Å². The maximum Gasteiger partial charge on any atom is 0.396 e. The molecule has 0 fully saturated rings. The molecule has 1 aromatic carbocycles. The van der Waals surface area contributed by atoms with Crippen molar-refractivity contribution in [3.05, 3.63) is 91.0 Å². The molecule has 0 saturated carbocycles. The lowest BCUT2D eigenvalue weighted by atomic mass is 9.72. The molecule has 1 heterocycles. The first-order chi connectivity index (χ1) is 19.2. The number of carbonyl (C=O) groups is 1. The highest BCUT2D eigenvalue weighted by molar-refractivity contribution is 9.10. The molecule has 6 nitrogen and oxygen atoms in total. The van der Waals surface area contributed by atoms with Crippen LogP contribution in [0.4, 0.5) is 17.6 Å². The molecule has 11 heteroatoms. The zero-order chi connectivity index (χ0) is 30.6. The Morgan fingerprint density at radius 2 is 1.78 bits per heavy atom. The van der Waals surface area contributed by atoms with Crippen molar-refractivity contribution in [3.8, 4) is 0 Å². The Morgan fingerprint density at radius 3 is 2.39 bits per heavy atom. The van der Waals surface area contributed by atoms with E-state index in [9.17, 15) is 27.6 Å². The molecule has 3 unspecified atom stereocenters. The van der Waals surface area contributed by atoms with Crippen LogP contribution < -0.4 is 11.2 Å². The number of unbranched alkanes of at least 4 members (excludes halogenated alkanes) is 1. The van der Waals surface area contributed by atoms with Crippen molar-refractivity contribution >= 4 is 21.9 Å². The average molecular weight is 644 g/mol. The highest BCUT2D eigenvalue weighted by Crippen LogP contribution is 2.49. The largest absolute Gasteiger partial charge is 0.466 e. The van der Waals surface area contributed by atoms with Gasteiger partial charge < -0.3 is 4.74 Å². The Morgan fingerprint density at radius 1 is 1.12 bits per heavy atom. The molecular formula is C30H35BrF4N2O4. The number of hydrogen-bond donors (Lipinski definition) is 0. The quantitative estimate of drug-likeness (QED) is 0.154. The molecule has 0 saturated heterocycles. The minimum atomic E-state index is -4.75. The number of rotatable bonds is 11. The summed E-state index contributed by atoms with van der Waals surface area (Å²) in [4.78, 5) is 39.0. The maximum atomic E-state index is 15.1. The topological polar surface area (TPSA) is 70.3 Å². The molecule has 224 valence electrons. The molecule has 0 aliphatic heterocycles. The van der Waals surface area contributed by atoms with E-state index in [1.165, 1.54) is 6.92 Å². The number of hydrogen-bond acceptors (Lipinski definition) is 4. The minimum Gasteiger partial charge on any atom is -0.466 e. The Hall–Kier alpha value is -2.95. The van der Waals surface area contributed by atoms with Crippen LogP contribution in [0, 0.1) is 18.3 Å². The van der Waals surface area contributed by atoms with Crippen LogP contribution >= 0.6 is 15.9 Å². The maximum absolute atomic E-state index is 15.1. The van der Waals surface area contributed by atoms with Crippen molar-refractivity contribution < 1.29 is 27.1 Å². The smallest absolute Gasteiger partial charge is 0.396 e. The van der Waals surface area contributed by atoms with E-state index in [4.69, 9.17) is 4.74 Å². The monoisotopic (exact) mass is 642 g/mol. The molecule has 1 aliphatic carbocycles. The van der Waals surface area contributed by atoms with Gasteiger partial charge in [0.2, 0.25) is 0 Å². The second-order valence-corrected chi connectivity index (χ2v) is 11.7. The van der Waals surface area contributed by atoms with Crippen LogP contribution in [0.3, 0.4) is 0 Å². The van der Waals surface area contributed by atoms with E-state index >= 15 is 4.39 Å². The highest BCUT2D eigenvalue weighted by atomic mass is 79.9. The molecule has 41 heavy (non-hydrogen) atoms. The summed E-state index contributed by atoms with van der Waals surface area (Å²) in [6, 6.07) is 9.26. The van der Waals surface area contributed by atoms with Gasteiger partial charge in [-0.1, -0.05) is 62.8 Å². The summed E-state index contributed by atoms with van der Waals surface area (Å²) >= 11 is 3.24. The lowest BCUT2D eigenvalue weighted by Gasteiger charge is -2.38. The van der Waals surface area contributed by atoms with E-state index in [1.54, 1.807) is 6.92 Å². The van der Waals surface area contributed by atoms with Crippen LogP contribution in [-0.4, -0.2) is 27.9 Å². The van der Waals surface area contributed by atoms with Crippen LogP contribution in [0.1, 0.15) is 57.7 Å². The summed E-state index contributed by atoms with van der Waals surface area (Å²) in [5, 5.41) is 0. The molecule has 2 aromatic rings. The lowest BCUT2D eigenvalue weighted by Crippen LogP contribution is -2.49. The van der Waals surface area contributed by atoms with Crippen LogP contribution in [0.25, 0.3) is 0 Å².